The van der Waals surface area contributed by atoms with Gasteiger partial charge >= 0.3 is 5.00 Å². The van der Waals surface area contributed by atoms with Gasteiger partial charge in [0, 0.05) is 18.8 Å². The number of thiazole rings is 1. The van der Waals surface area contributed by atoms with E-state index in [-0.39, 0.29) is 16.7 Å². The van der Waals surface area contributed by atoms with Crippen molar-refractivity contribution in [1.82, 2.24) is 4.98 Å². The van der Waals surface area contributed by atoms with Crippen molar-refractivity contribution >= 4 is 32.8 Å². The van der Waals surface area contributed by atoms with E-state index in [1.807, 2.05) is 36.9 Å². The molecule has 122 valence electrons. The lowest BCUT2D eigenvalue weighted by Gasteiger charge is -2.22. The molecule has 2 rings (SSSR count). The maximum Gasteiger partial charge on any atom is 0.345 e. The molecule has 0 spiro atoms. The number of aromatic nitrogens is 1. The summed E-state index contributed by atoms with van der Waals surface area (Å²) >= 11 is 0.875. The number of aliphatic hydroxyl groups is 1. The molecule has 0 fully saturated rings. The van der Waals surface area contributed by atoms with Crippen LogP contribution in [0.2, 0.25) is 0 Å². The number of benzene rings is 1. The lowest BCUT2D eigenvalue weighted by molar-refractivity contribution is -0.380. The van der Waals surface area contributed by atoms with E-state index in [2.05, 4.69) is 15.2 Å². The van der Waals surface area contributed by atoms with Crippen molar-refractivity contribution in [3.8, 4) is 0 Å². The van der Waals surface area contributed by atoms with Crippen LogP contribution in [-0.2, 0) is 0 Å². The minimum atomic E-state index is -0.503. The molecule has 1 N–H and O–H groups in total. The SMILES string of the molecule is CCN(CCO)c1ccc(C)c(N=Nc2ncc([N+](=O)[O-])s2)c1. The fraction of sp³-hybridized carbons (Fsp3) is 0.357. The first-order valence-corrected chi connectivity index (χ1v) is 7.85. The number of rotatable bonds is 7. The molecule has 0 saturated heterocycles. The first kappa shape index (κ1) is 17.0. The first-order valence-electron chi connectivity index (χ1n) is 7.03. The Morgan fingerprint density at radius 1 is 1.43 bits per heavy atom. The molecule has 0 atom stereocenters. The number of azo groups is 1. The summed E-state index contributed by atoms with van der Waals surface area (Å²) in [4.78, 5) is 16.0. The Hall–Kier alpha value is -2.39. The smallest absolute Gasteiger partial charge is 0.345 e. The van der Waals surface area contributed by atoms with Gasteiger partial charge in [-0.25, -0.2) is 4.98 Å². The van der Waals surface area contributed by atoms with Crippen LogP contribution in [0.15, 0.2) is 34.6 Å². The minimum absolute atomic E-state index is 0.0653. The molecule has 1 aromatic heterocycles. The molecule has 23 heavy (non-hydrogen) atoms. The summed E-state index contributed by atoms with van der Waals surface area (Å²) in [5, 5.41) is 28.0. The fourth-order valence-electron chi connectivity index (χ4n) is 1.98. The molecule has 0 bridgehead atoms. The lowest BCUT2D eigenvalue weighted by atomic mass is 10.1. The Bertz CT molecular complexity index is 716. The summed E-state index contributed by atoms with van der Waals surface area (Å²) in [6.07, 6.45) is 1.17. The summed E-state index contributed by atoms with van der Waals surface area (Å²) in [7, 11) is 0. The molecule has 1 aromatic carbocycles. The van der Waals surface area contributed by atoms with E-state index < -0.39 is 4.92 Å². The Kier molecular flexibility index (Phi) is 5.72. The summed E-state index contributed by atoms with van der Waals surface area (Å²) < 4.78 is 0. The van der Waals surface area contributed by atoms with Gasteiger partial charge in [0.1, 0.15) is 6.20 Å². The van der Waals surface area contributed by atoms with Gasteiger partial charge in [0.2, 0.25) is 5.13 Å². The van der Waals surface area contributed by atoms with Crippen molar-refractivity contribution in [3.05, 3.63) is 40.1 Å². The second kappa shape index (κ2) is 7.75. The summed E-state index contributed by atoms with van der Waals surface area (Å²) in [5.74, 6) is 0. The average molecular weight is 335 g/mol. The maximum atomic E-state index is 10.6. The number of hydrogen-bond acceptors (Lipinski definition) is 8. The zero-order chi connectivity index (χ0) is 16.8. The van der Waals surface area contributed by atoms with Gasteiger partial charge in [0.25, 0.3) is 0 Å². The number of hydrogen-bond donors (Lipinski definition) is 1. The van der Waals surface area contributed by atoms with Gasteiger partial charge in [-0.05, 0) is 42.9 Å². The largest absolute Gasteiger partial charge is 0.395 e. The van der Waals surface area contributed by atoms with E-state index in [1.54, 1.807) is 0 Å². The third kappa shape index (κ3) is 4.30. The summed E-state index contributed by atoms with van der Waals surface area (Å²) in [6, 6.07) is 5.76. The molecular formula is C14H17N5O3S. The van der Waals surface area contributed by atoms with Crippen molar-refractivity contribution in [2.24, 2.45) is 10.2 Å². The summed E-state index contributed by atoms with van der Waals surface area (Å²) in [5.41, 5.74) is 2.53. The van der Waals surface area contributed by atoms with Crippen LogP contribution in [0.1, 0.15) is 12.5 Å². The van der Waals surface area contributed by atoms with Crippen LogP contribution in [0.25, 0.3) is 0 Å². The molecule has 2 aromatic rings. The molecule has 0 aliphatic carbocycles. The summed E-state index contributed by atoms with van der Waals surface area (Å²) in [6.45, 7) is 5.28. The highest BCUT2D eigenvalue weighted by Gasteiger charge is 2.11. The minimum Gasteiger partial charge on any atom is -0.395 e. The third-order valence-electron chi connectivity index (χ3n) is 3.21. The molecule has 8 nitrogen and oxygen atoms in total. The highest BCUT2D eigenvalue weighted by Crippen LogP contribution is 2.31. The molecule has 9 heteroatoms. The lowest BCUT2D eigenvalue weighted by Crippen LogP contribution is -2.25. The molecule has 0 aliphatic rings. The Morgan fingerprint density at radius 2 is 2.22 bits per heavy atom. The van der Waals surface area contributed by atoms with Crippen molar-refractivity contribution in [2.45, 2.75) is 13.8 Å². The van der Waals surface area contributed by atoms with Gasteiger partial charge in [-0.1, -0.05) is 6.07 Å². The predicted molar refractivity (Wildman–Crippen MR) is 89.1 cm³/mol. The molecule has 0 aliphatic heterocycles. The van der Waals surface area contributed by atoms with Crippen molar-refractivity contribution < 1.29 is 10.0 Å². The fourth-order valence-corrected chi connectivity index (χ4v) is 2.53. The van der Waals surface area contributed by atoms with E-state index in [1.165, 1.54) is 6.20 Å². The first-order chi connectivity index (χ1) is 11.0. The van der Waals surface area contributed by atoms with Crippen LogP contribution < -0.4 is 4.90 Å². The molecule has 0 unspecified atom stereocenters. The molecule has 1 heterocycles. The van der Waals surface area contributed by atoms with Crippen LogP contribution in [0.5, 0.6) is 0 Å². The Morgan fingerprint density at radius 3 is 2.83 bits per heavy atom. The Labute approximate surface area is 137 Å². The van der Waals surface area contributed by atoms with Crippen LogP contribution >= 0.6 is 11.3 Å². The Balaban J connectivity index is 2.24. The van der Waals surface area contributed by atoms with Crippen LogP contribution in [0, 0.1) is 17.0 Å². The van der Waals surface area contributed by atoms with Gasteiger partial charge in [0.05, 0.1) is 17.2 Å². The van der Waals surface area contributed by atoms with Gasteiger partial charge in [-0.3, -0.25) is 10.1 Å². The molecule has 0 radical (unpaired) electrons. The second-order valence-corrected chi connectivity index (χ2v) is 5.70. The monoisotopic (exact) mass is 335 g/mol. The number of nitro groups is 1. The van der Waals surface area contributed by atoms with E-state index in [0.29, 0.717) is 12.2 Å². The van der Waals surface area contributed by atoms with E-state index in [9.17, 15) is 10.1 Å². The van der Waals surface area contributed by atoms with Crippen LogP contribution in [-0.4, -0.2) is 34.7 Å². The van der Waals surface area contributed by atoms with Crippen molar-refractivity contribution in [2.75, 3.05) is 24.6 Å². The standard InChI is InChI=1S/C14H17N5O3S/c1-3-18(6-7-20)11-5-4-10(2)12(8-11)16-17-14-15-9-13(23-14)19(21)22/h4-5,8-9,20H,3,6-7H2,1-2H3. The molecular weight excluding hydrogens is 318 g/mol. The maximum absolute atomic E-state index is 10.6. The zero-order valence-corrected chi connectivity index (χ0v) is 13.7. The van der Waals surface area contributed by atoms with Gasteiger partial charge in [-0.2, -0.15) is 0 Å². The van der Waals surface area contributed by atoms with E-state index in [4.69, 9.17) is 5.11 Å². The zero-order valence-electron chi connectivity index (χ0n) is 12.8. The van der Waals surface area contributed by atoms with E-state index >= 15 is 0 Å². The second-order valence-electron chi connectivity index (χ2n) is 4.71. The average Bonchev–Trinajstić information content (AvgIpc) is 3.01. The number of aryl methyl sites for hydroxylation is 1. The van der Waals surface area contributed by atoms with Crippen LogP contribution in [0.4, 0.5) is 21.5 Å². The third-order valence-corrected chi connectivity index (χ3v) is 4.05. The van der Waals surface area contributed by atoms with Crippen LogP contribution in [0.3, 0.4) is 0 Å². The molecule has 0 amide bonds. The molecule has 0 saturated carbocycles. The number of aliphatic hydroxyl groups excluding tert-OH is 1. The van der Waals surface area contributed by atoms with Gasteiger partial charge in [-0.15, -0.1) is 10.2 Å². The number of anilines is 1. The predicted octanol–water partition coefficient (Wildman–Crippen LogP) is 3.59. The highest BCUT2D eigenvalue weighted by atomic mass is 32.1. The van der Waals surface area contributed by atoms with Crippen molar-refractivity contribution in [3.63, 3.8) is 0 Å². The number of nitrogens with zero attached hydrogens (tertiary/aromatic N) is 5. The van der Waals surface area contributed by atoms with Gasteiger partial charge in [0.15, 0.2) is 0 Å². The topological polar surface area (TPSA) is 104 Å². The normalized spacial score (nSPS) is 11.1. The van der Waals surface area contributed by atoms with Crippen molar-refractivity contribution in [1.29, 1.82) is 0 Å². The quantitative estimate of drug-likeness (QED) is 0.473. The highest BCUT2D eigenvalue weighted by molar-refractivity contribution is 7.18. The van der Waals surface area contributed by atoms with E-state index in [0.717, 1.165) is 29.1 Å². The number of likely N-dealkylation sites (N-methyl/N-ethyl adjacent to an activating group) is 1. The van der Waals surface area contributed by atoms with Gasteiger partial charge < -0.3 is 10.0 Å².